The summed E-state index contributed by atoms with van der Waals surface area (Å²) < 4.78 is 22.4. The van der Waals surface area contributed by atoms with E-state index in [2.05, 4.69) is 0 Å². The number of unbranched alkanes of at least 4 members (excludes halogenated alkanes) is 2. The standard InChI is InChI=1S/C20H31O6P.C2H6/c1-27(26-14-7-9-16-18(12-14)25-16)19(21)5-3-2-4-10-23-20(22)13-6-8-15-17(11-13)24-15;1-2/h13-18H,2-12H2,1H3;1-2H3. The third-order valence-corrected chi connectivity index (χ3v) is 7.77. The largest absolute Gasteiger partial charge is 0.465 e. The average Bonchev–Trinajstić information content (AvgIpc) is 3.65. The molecule has 7 atom stereocenters. The first-order valence-corrected chi connectivity index (χ1v) is 13.2. The van der Waals surface area contributed by atoms with Gasteiger partial charge in [-0.15, -0.1) is 0 Å². The van der Waals surface area contributed by atoms with E-state index in [4.69, 9.17) is 18.7 Å². The maximum absolute atomic E-state index is 12.3. The smallest absolute Gasteiger partial charge is 0.309 e. The van der Waals surface area contributed by atoms with Crippen LogP contribution in [0, 0.1) is 5.92 Å². The summed E-state index contributed by atoms with van der Waals surface area (Å²) >= 11 is 0. The van der Waals surface area contributed by atoms with Crippen molar-refractivity contribution in [2.24, 2.45) is 5.92 Å². The lowest BCUT2D eigenvalue weighted by Crippen LogP contribution is -2.24. The molecule has 4 rings (SSSR count). The average molecular weight is 429 g/mol. The van der Waals surface area contributed by atoms with Crippen molar-refractivity contribution in [3.63, 3.8) is 0 Å². The van der Waals surface area contributed by atoms with Crippen molar-refractivity contribution in [1.29, 1.82) is 0 Å². The minimum absolute atomic E-state index is 0.0206. The summed E-state index contributed by atoms with van der Waals surface area (Å²) in [4.78, 5) is 24.3. The molecule has 2 aliphatic heterocycles. The Hall–Kier alpha value is -0.550. The predicted molar refractivity (Wildman–Crippen MR) is 112 cm³/mol. The van der Waals surface area contributed by atoms with Crippen LogP contribution in [0.2, 0.25) is 0 Å². The monoisotopic (exact) mass is 428 g/mol. The third kappa shape index (κ3) is 6.99. The van der Waals surface area contributed by atoms with Crippen LogP contribution in [-0.4, -0.2) is 55.3 Å². The molecule has 0 aromatic rings. The Morgan fingerprint density at radius 1 is 0.897 bits per heavy atom. The fourth-order valence-electron chi connectivity index (χ4n) is 4.37. The zero-order valence-electron chi connectivity index (χ0n) is 18.1. The summed E-state index contributed by atoms with van der Waals surface area (Å²) in [5.41, 5.74) is 0.238. The first-order valence-electron chi connectivity index (χ1n) is 11.5. The molecule has 4 fully saturated rings. The van der Waals surface area contributed by atoms with Gasteiger partial charge >= 0.3 is 5.97 Å². The number of carbonyl (C=O) groups excluding carboxylic acids is 2. The maximum Gasteiger partial charge on any atom is 0.309 e. The van der Waals surface area contributed by atoms with Crippen molar-refractivity contribution >= 4 is 19.6 Å². The molecule has 29 heavy (non-hydrogen) atoms. The van der Waals surface area contributed by atoms with Crippen molar-refractivity contribution in [3.05, 3.63) is 0 Å². The van der Waals surface area contributed by atoms with Crippen molar-refractivity contribution < 1.29 is 28.3 Å². The quantitative estimate of drug-likeness (QED) is 0.219. The topological polar surface area (TPSA) is 77.7 Å². The Kier molecular flexibility index (Phi) is 8.91. The SMILES string of the molecule is CC.CP(OC1CCC2OC2C1)C(=O)CCCCCOC(=O)C1CCC2OC2C1. The number of epoxide rings is 2. The third-order valence-electron chi connectivity index (χ3n) is 6.23. The van der Waals surface area contributed by atoms with Crippen LogP contribution in [0.1, 0.15) is 78.1 Å². The molecule has 2 saturated heterocycles. The molecule has 0 radical (unpaired) electrons. The van der Waals surface area contributed by atoms with Crippen molar-refractivity contribution in [3.8, 4) is 0 Å². The van der Waals surface area contributed by atoms with Gasteiger partial charge in [-0.2, -0.15) is 0 Å². The van der Waals surface area contributed by atoms with Crippen molar-refractivity contribution in [1.82, 2.24) is 0 Å². The van der Waals surface area contributed by atoms with E-state index in [9.17, 15) is 9.59 Å². The number of hydrogen-bond acceptors (Lipinski definition) is 6. The Morgan fingerprint density at radius 3 is 2.28 bits per heavy atom. The zero-order valence-corrected chi connectivity index (χ0v) is 19.0. The lowest BCUT2D eigenvalue weighted by atomic mass is 9.89. The van der Waals surface area contributed by atoms with Crippen molar-refractivity contribution in [2.45, 2.75) is 109 Å². The zero-order chi connectivity index (χ0) is 20.8. The Bertz CT molecular complexity index is 555. The van der Waals surface area contributed by atoms with Gasteiger partial charge in [0, 0.05) is 12.8 Å². The molecule has 0 spiro atoms. The number of hydrogen-bond donors (Lipinski definition) is 0. The van der Waals surface area contributed by atoms with E-state index < -0.39 is 8.15 Å². The van der Waals surface area contributed by atoms with E-state index in [1.807, 2.05) is 20.5 Å². The summed E-state index contributed by atoms with van der Waals surface area (Å²) in [6, 6.07) is 0. The van der Waals surface area contributed by atoms with Crippen LogP contribution >= 0.6 is 8.15 Å². The highest BCUT2D eigenvalue weighted by molar-refractivity contribution is 7.69. The van der Waals surface area contributed by atoms with Gasteiger partial charge in [0.2, 0.25) is 0 Å². The number of ether oxygens (including phenoxy) is 3. The van der Waals surface area contributed by atoms with Crippen LogP contribution < -0.4 is 0 Å². The molecular formula is C22H37O6P. The molecule has 6 nitrogen and oxygen atoms in total. The fraction of sp³-hybridized carbons (Fsp3) is 0.909. The second-order valence-electron chi connectivity index (χ2n) is 8.35. The number of carbonyl (C=O) groups is 2. The molecule has 166 valence electrons. The molecule has 2 aliphatic carbocycles. The van der Waals surface area contributed by atoms with Crippen LogP contribution in [0.4, 0.5) is 0 Å². The second-order valence-corrected chi connectivity index (χ2v) is 10.1. The molecule has 2 heterocycles. The fourth-order valence-corrected chi connectivity index (χ4v) is 5.60. The molecule has 0 aromatic heterocycles. The molecule has 2 saturated carbocycles. The lowest BCUT2D eigenvalue weighted by Gasteiger charge is -2.22. The normalized spacial score (nSPS) is 35.3. The van der Waals surface area contributed by atoms with Gasteiger partial charge in [0.25, 0.3) is 0 Å². The Morgan fingerprint density at radius 2 is 1.59 bits per heavy atom. The molecule has 0 aromatic carbocycles. The highest BCUT2D eigenvalue weighted by Gasteiger charge is 2.46. The van der Waals surface area contributed by atoms with Gasteiger partial charge in [-0.3, -0.25) is 9.59 Å². The molecular weight excluding hydrogens is 391 g/mol. The number of rotatable bonds is 10. The van der Waals surface area contributed by atoms with Gasteiger partial charge in [0.05, 0.1) is 51.2 Å². The van der Waals surface area contributed by atoms with Crippen molar-refractivity contribution in [2.75, 3.05) is 13.3 Å². The number of esters is 1. The van der Waals surface area contributed by atoms with E-state index >= 15 is 0 Å². The highest BCUT2D eigenvalue weighted by Crippen LogP contribution is 2.44. The predicted octanol–water partition coefficient (Wildman–Crippen LogP) is 4.57. The van der Waals surface area contributed by atoms with Gasteiger partial charge in [-0.1, -0.05) is 13.8 Å². The van der Waals surface area contributed by atoms with Gasteiger partial charge in [-0.25, -0.2) is 0 Å². The van der Waals surface area contributed by atoms with Crippen LogP contribution in [0.15, 0.2) is 0 Å². The minimum atomic E-state index is -1.00. The van der Waals surface area contributed by atoms with Gasteiger partial charge < -0.3 is 18.7 Å². The maximum atomic E-state index is 12.3. The number of fused-ring (bicyclic) bond motifs is 2. The minimum Gasteiger partial charge on any atom is -0.465 e. The molecule has 7 heteroatoms. The van der Waals surface area contributed by atoms with Gasteiger partial charge in [0.15, 0.2) is 5.52 Å². The lowest BCUT2D eigenvalue weighted by molar-refractivity contribution is -0.149. The van der Waals surface area contributed by atoms with Gasteiger partial charge in [-0.05, 0) is 58.0 Å². The molecule has 0 N–H and O–H groups in total. The first-order chi connectivity index (χ1) is 14.1. The summed E-state index contributed by atoms with van der Waals surface area (Å²) in [6.45, 7) is 6.39. The second kappa shape index (κ2) is 11.2. The summed E-state index contributed by atoms with van der Waals surface area (Å²) in [5.74, 6) is -0.0490. The first kappa shape index (κ1) is 23.1. The van der Waals surface area contributed by atoms with E-state index in [0.29, 0.717) is 37.4 Å². The summed E-state index contributed by atoms with van der Waals surface area (Å²) in [5, 5.41) is 0. The van der Waals surface area contributed by atoms with Gasteiger partial charge in [0.1, 0.15) is 0 Å². The molecule has 0 amide bonds. The van der Waals surface area contributed by atoms with Crippen LogP contribution in [-0.2, 0) is 28.3 Å². The highest BCUT2D eigenvalue weighted by atomic mass is 31.1. The summed E-state index contributed by atoms with van der Waals surface area (Å²) in [7, 11) is -1.00. The molecule has 4 aliphatic rings. The molecule has 7 unspecified atom stereocenters. The van der Waals surface area contributed by atoms with E-state index in [1.165, 1.54) is 0 Å². The van der Waals surface area contributed by atoms with E-state index in [1.54, 1.807) is 0 Å². The summed E-state index contributed by atoms with van der Waals surface area (Å²) in [6.07, 6.45) is 10.6. The van der Waals surface area contributed by atoms with E-state index in [-0.39, 0.29) is 23.5 Å². The van der Waals surface area contributed by atoms with Crippen LogP contribution in [0.25, 0.3) is 0 Å². The Balaban J connectivity index is 0.00000117. The van der Waals surface area contributed by atoms with Crippen LogP contribution in [0.5, 0.6) is 0 Å². The molecule has 0 bridgehead atoms. The van der Waals surface area contributed by atoms with Crippen LogP contribution in [0.3, 0.4) is 0 Å². The van der Waals surface area contributed by atoms with E-state index in [0.717, 1.165) is 57.8 Å². The Labute approximate surface area is 176 Å².